The van der Waals surface area contributed by atoms with Gasteiger partial charge in [0.2, 0.25) is 5.95 Å². The Morgan fingerprint density at radius 2 is 1.93 bits per heavy atom. The fraction of sp³-hybridized carbons (Fsp3) is 0.150. The third-order valence-corrected chi connectivity index (χ3v) is 4.95. The molecule has 1 aromatic heterocycles. The molecule has 0 unspecified atom stereocenters. The summed E-state index contributed by atoms with van der Waals surface area (Å²) in [7, 11) is 1.97. The number of nitrogens with zero attached hydrogens (tertiary/aromatic N) is 3. The van der Waals surface area contributed by atoms with Crippen molar-refractivity contribution in [1.82, 2.24) is 9.97 Å². The highest BCUT2D eigenvalue weighted by molar-refractivity contribution is 7.99. The molecule has 9 heteroatoms. The van der Waals surface area contributed by atoms with Crippen molar-refractivity contribution < 1.29 is 14.3 Å². The predicted octanol–water partition coefficient (Wildman–Crippen LogP) is 4.82. The summed E-state index contributed by atoms with van der Waals surface area (Å²) in [6, 6.07) is 11.4. The molecule has 29 heavy (non-hydrogen) atoms. The third-order valence-electron chi connectivity index (χ3n) is 4.20. The van der Waals surface area contributed by atoms with E-state index in [1.54, 1.807) is 18.1 Å². The first kappa shape index (κ1) is 20.4. The predicted molar refractivity (Wildman–Crippen MR) is 115 cm³/mol. The van der Waals surface area contributed by atoms with E-state index in [1.807, 2.05) is 48.8 Å². The summed E-state index contributed by atoms with van der Waals surface area (Å²) in [6.07, 6.45) is 3.61. The number of nitrogens with one attached hydrogen (secondary N) is 2. The van der Waals surface area contributed by atoms with Crippen LogP contribution in [0.3, 0.4) is 0 Å². The topological polar surface area (TPSA) is 90.4 Å². The van der Waals surface area contributed by atoms with Crippen LogP contribution in [0.2, 0.25) is 0 Å². The van der Waals surface area contributed by atoms with Crippen LogP contribution in [0.4, 0.5) is 33.2 Å². The van der Waals surface area contributed by atoms with Gasteiger partial charge in [-0.2, -0.15) is 4.98 Å². The molecular formula is C20H20FN5O2S. The second-order valence-corrected chi connectivity index (χ2v) is 7.09. The molecule has 3 N–H and O–H groups in total. The summed E-state index contributed by atoms with van der Waals surface area (Å²) in [5.74, 6) is -1.12. The summed E-state index contributed by atoms with van der Waals surface area (Å²) >= 11 is 1.58. The van der Waals surface area contributed by atoms with Gasteiger partial charge in [0.25, 0.3) is 0 Å². The van der Waals surface area contributed by atoms with Gasteiger partial charge in [0.05, 0.1) is 22.6 Å². The van der Waals surface area contributed by atoms with Crippen molar-refractivity contribution in [2.45, 2.75) is 6.92 Å². The maximum Gasteiger partial charge on any atom is 0.335 e. The molecule has 0 fully saturated rings. The molecule has 0 saturated heterocycles. The second kappa shape index (κ2) is 8.78. The molecule has 0 saturated carbocycles. The van der Waals surface area contributed by atoms with E-state index in [9.17, 15) is 9.18 Å². The summed E-state index contributed by atoms with van der Waals surface area (Å²) in [5, 5.41) is 15.1. The smallest absolute Gasteiger partial charge is 0.335 e. The Kier molecular flexibility index (Phi) is 6.18. The lowest BCUT2D eigenvalue weighted by Gasteiger charge is -2.20. The molecule has 0 atom stereocenters. The van der Waals surface area contributed by atoms with Crippen LogP contribution in [0.25, 0.3) is 0 Å². The van der Waals surface area contributed by atoms with E-state index in [2.05, 4.69) is 20.6 Å². The van der Waals surface area contributed by atoms with Gasteiger partial charge in [0.15, 0.2) is 0 Å². The lowest BCUT2D eigenvalue weighted by Crippen LogP contribution is -2.09. The van der Waals surface area contributed by atoms with Gasteiger partial charge >= 0.3 is 5.97 Å². The Morgan fingerprint density at radius 1 is 1.17 bits per heavy atom. The number of hydrogen-bond acceptors (Lipinski definition) is 7. The van der Waals surface area contributed by atoms with Gasteiger partial charge in [-0.25, -0.2) is 14.2 Å². The molecule has 0 radical (unpaired) electrons. The quantitative estimate of drug-likeness (QED) is 0.475. The van der Waals surface area contributed by atoms with Gasteiger partial charge in [0, 0.05) is 25.1 Å². The molecule has 2 aromatic carbocycles. The number of carboxylic acid groups (broad SMARTS) is 1. The van der Waals surface area contributed by atoms with Gasteiger partial charge in [-0.3, -0.25) is 0 Å². The number of para-hydroxylation sites is 2. The van der Waals surface area contributed by atoms with E-state index >= 15 is 0 Å². The van der Waals surface area contributed by atoms with Gasteiger partial charge in [-0.15, -0.1) is 0 Å². The van der Waals surface area contributed by atoms with Gasteiger partial charge < -0.3 is 20.0 Å². The minimum absolute atomic E-state index is 0.0901. The molecule has 0 aliphatic rings. The maximum absolute atomic E-state index is 14.2. The lowest BCUT2D eigenvalue weighted by atomic mass is 10.2. The Morgan fingerprint density at radius 3 is 2.62 bits per heavy atom. The number of aromatic carboxylic acids is 1. The number of halogens is 1. The zero-order valence-electron chi connectivity index (χ0n) is 16.1. The van der Waals surface area contributed by atoms with Crippen molar-refractivity contribution in [3.05, 3.63) is 65.6 Å². The number of carbonyl (C=O) groups is 1. The molecule has 0 aliphatic heterocycles. The van der Waals surface area contributed by atoms with E-state index in [0.29, 0.717) is 5.82 Å². The van der Waals surface area contributed by atoms with Crippen molar-refractivity contribution in [3.63, 3.8) is 0 Å². The van der Waals surface area contributed by atoms with Crippen LogP contribution in [-0.2, 0) is 0 Å². The molecule has 7 nitrogen and oxygen atoms in total. The number of carboxylic acids is 1. The molecule has 0 aliphatic carbocycles. The Labute approximate surface area is 172 Å². The van der Waals surface area contributed by atoms with Crippen LogP contribution in [-0.4, -0.2) is 34.3 Å². The van der Waals surface area contributed by atoms with Gasteiger partial charge in [-0.1, -0.05) is 24.1 Å². The Hall–Kier alpha value is -3.33. The number of hydrogen-bond donors (Lipinski definition) is 3. The van der Waals surface area contributed by atoms with Gasteiger partial charge in [0.1, 0.15) is 11.6 Å². The van der Waals surface area contributed by atoms with Crippen LogP contribution in [0.5, 0.6) is 0 Å². The molecule has 150 valence electrons. The van der Waals surface area contributed by atoms with E-state index in [0.717, 1.165) is 23.0 Å². The minimum atomic E-state index is -1.19. The number of rotatable bonds is 7. The summed E-state index contributed by atoms with van der Waals surface area (Å²) < 4.78 is 16.2. The highest BCUT2D eigenvalue weighted by Gasteiger charge is 2.12. The van der Waals surface area contributed by atoms with Crippen molar-refractivity contribution in [1.29, 1.82) is 0 Å². The molecule has 3 aromatic rings. The molecule has 0 amide bonds. The summed E-state index contributed by atoms with van der Waals surface area (Å²) in [6.45, 7) is 1.87. The number of aromatic nitrogens is 2. The Bertz CT molecular complexity index is 1050. The molecule has 0 bridgehead atoms. The first-order chi connectivity index (χ1) is 13.9. The van der Waals surface area contributed by atoms with E-state index in [4.69, 9.17) is 5.11 Å². The van der Waals surface area contributed by atoms with Crippen LogP contribution in [0.15, 0.2) is 48.7 Å². The maximum atomic E-state index is 14.2. The third kappa shape index (κ3) is 4.75. The van der Waals surface area contributed by atoms with Crippen molar-refractivity contribution in [2.24, 2.45) is 0 Å². The highest BCUT2D eigenvalue weighted by atomic mass is 32.2. The van der Waals surface area contributed by atoms with Gasteiger partial charge in [-0.05, 0) is 37.3 Å². The van der Waals surface area contributed by atoms with Crippen molar-refractivity contribution in [2.75, 3.05) is 28.2 Å². The molecule has 3 rings (SSSR count). The van der Waals surface area contributed by atoms with E-state index in [-0.39, 0.29) is 17.2 Å². The van der Waals surface area contributed by atoms with Crippen LogP contribution >= 0.6 is 11.9 Å². The number of benzene rings is 2. The first-order valence-corrected chi connectivity index (χ1v) is 9.84. The molecule has 1 heterocycles. The monoisotopic (exact) mass is 413 g/mol. The van der Waals surface area contributed by atoms with Crippen LogP contribution in [0, 0.1) is 12.7 Å². The SMILES string of the molecule is CSN(C)c1ccccc1Nc1nc(Nc2ccc(C(=O)O)cc2F)ncc1C. The fourth-order valence-electron chi connectivity index (χ4n) is 2.58. The normalized spacial score (nSPS) is 10.5. The van der Waals surface area contributed by atoms with E-state index < -0.39 is 11.8 Å². The van der Waals surface area contributed by atoms with Crippen molar-refractivity contribution >= 4 is 46.7 Å². The summed E-state index contributed by atoms with van der Waals surface area (Å²) in [5.41, 5.74) is 2.64. The largest absolute Gasteiger partial charge is 0.478 e. The molecule has 0 spiro atoms. The zero-order chi connectivity index (χ0) is 21.0. The zero-order valence-corrected chi connectivity index (χ0v) is 16.9. The second-order valence-electron chi connectivity index (χ2n) is 6.17. The highest BCUT2D eigenvalue weighted by Crippen LogP contribution is 2.31. The Balaban J connectivity index is 1.87. The van der Waals surface area contributed by atoms with Crippen LogP contribution in [0.1, 0.15) is 15.9 Å². The first-order valence-electron chi connectivity index (χ1n) is 8.66. The van der Waals surface area contributed by atoms with Crippen LogP contribution < -0.4 is 14.9 Å². The standard InChI is InChI=1S/C20H20FN5O2S/c1-12-11-22-20(24-15-9-8-13(19(27)28)10-14(15)21)25-18(12)23-16-6-4-5-7-17(16)26(2)29-3/h4-11H,1-3H3,(H,27,28)(H2,22,23,24,25). The average molecular weight is 413 g/mol. The molecular weight excluding hydrogens is 393 g/mol. The average Bonchev–Trinajstić information content (AvgIpc) is 2.71. The van der Waals surface area contributed by atoms with E-state index in [1.165, 1.54) is 12.1 Å². The lowest BCUT2D eigenvalue weighted by molar-refractivity contribution is 0.0696. The van der Waals surface area contributed by atoms with Crippen molar-refractivity contribution in [3.8, 4) is 0 Å². The summed E-state index contributed by atoms with van der Waals surface area (Å²) in [4.78, 5) is 19.6. The number of anilines is 5. The fourth-order valence-corrected chi connectivity index (χ4v) is 2.93. The minimum Gasteiger partial charge on any atom is -0.478 e. The number of aryl methyl sites for hydroxylation is 1.